The van der Waals surface area contributed by atoms with Gasteiger partial charge in [-0.05, 0) is 0 Å². The first-order chi connectivity index (χ1) is 0. The molecule has 0 aromatic carbocycles. The molecular weight excluding hydrogens is 192 g/mol. The van der Waals surface area contributed by atoms with Crippen LogP contribution in [0.3, 0.4) is 0 Å². The normalized spacial score (nSPS) is 0. The zero-order chi connectivity index (χ0) is 0. The van der Waals surface area contributed by atoms with Gasteiger partial charge in [-0.3, -0.25) is 0 Å². The summed E-state index contributed by atoms with van der Waals surface area (Å²) in [6, 6.07) is 0. The minimum atomic E-state index is 0. The maximum Gasteiger partial charge on any atom is 2.00 e. The zero-order valence-corrected chi connectivity index (χ0v) is 8.88. The van der Waals surface area contributed by atoms with Crippen molar-refractivity contribution in [3.05, 3.63) is 0 Å². The molecule has 0 aromatic heterocycles. The summed E-state index contributed by atoms with van der Waals surface area (Å²) in [5.41, 5.74) is 0. The average molecular weight is 192 g/mol. The fraction of sp³-hybridized carbons (Fsp3) is 0. The molecular formula is CdF3Na. The third-order valence-electron chi connectivity index (χ3n) is 0. The van der Waals surface area contributed by atoms with Crippen molar-refractivity contribution in [3.8, 4) is 0 Å². The fourth-order valence-corrected chi connectivity index (χ4v) is 0. The Morgan fingerprint density at radius 3 is 0.600 bits per heavy atom. The van der Waals surface area contributed by atoms with Gasteiger partial charge < -0.3 is 14.1 Å². The molecule has 0 radical (unpaired) electrons. The van der Waals surface area contributed by atoms with Crippen molar-refractivity contribution in [2.24, 2.45) is 0 Å². The second-order valence-corrected chi connectivity index (χ2v) is 0. The Morgan fingerprint density at radius 2 is 0.600 bits per heavy atom. The second-order valence-electron chi connectivity index (χ2n) is 0. The second kappa shape index (κ2) is 43.3. The van der Waals surface area contributed by atoms with E-state index in [-0.39, 0.29) is 71.0 Å². The van der Waals surface area contributed by atoms with Crippen LogP contribution in [-0.2, 0) is 27.3 Å². The average Bonchev–Trinajstić information content (AvgIpc) is 0. The van der Waals surface area contributed by atoms with E-state index in [1.807, 2.05) is 0 Å². The van der Waals surface area contributed by atoms with Crippen LogP contribution in [0.25, 0.3) is 0 Å². The van der Waals surface area contributed by atoms with E-state index in [0.717, 1.165) is 0 Å². The first kappa shape index (κ1) is 74.7. The summed E-state index contributed by atoms with van der Waals surface area (Å²) in [5.74, 6) is 0. The first-order valence-corrected chi connectivity index (χ1v) is 0. The van der Waals surface area contributed by atoms with Crippen LogP contribution in [0, 0.1) is 0 Å². The molecule has 0 N–H and O–H groups in total. The maximum atomic E-state index is 0. The van der Waals surface area contributed by atoms with Crippen LogP contribution in [0.2, 0.25) is 0 Å². The predicted molar refractivity (Wildman–Crippen MR) is 0 cm³/mol. The summed E-state index contributed by atoms with van der Waals surface area (Å²) in [7, 11) is 0. The number of hydrogen-bond acceptors (Lipinski definition) is 0. The Morgan fingerprint density at radius 1 is 0.600 bits per heavy atom. The molecule has 0 amide bonds. The van der Waals surface area contributed by atoms with E-state index in [1.54, 1.807) is 0 Å². The summed E-state index contributed by atoms with van der Waals surface area (Å²) < 4.78 is 0. The Kier molecular flexibility index (Phi) is 647. The number of rotatable bonds is 0. The Hall–Kier alpha value is 1.71. The van der Waals surface area contributed by atoms with Crippen LogP contribution in [0.1, 0.15) is 0 Å². The monoisotopic (exact) mass is 194 g/mol. The fourth-order valence-electron chi connectivity index (χ4n) is 0. The van der Waals surface area contributed by atoms with E-state index in [9.17, 15) is 0 Å². The molecule has 0 spiro atoms. The molecule has 0 aromatic rings. The van der Waals surface area contributed by atoms with Crippen molar-refractivity contribution < 1.29 is 71.0 Å². The van der Waals surface area contributed by atoms with Crippen molar-refractivity contribution in [3.63, 3.8) is 0 Å². The smallest absolute Gasteiger partial charge is 1.00 e. The van der Waals surface area contributed by atoms with Crippen LogP contribution < -0.4 is 43.7 Å². The van der Waals surface area contributed by atoms with Crippen molar-refractivity contribution in [1.82, 2.24) is 0 Å². The quantitative estimate of drug-likeness (QED) is 0.335. The molecule has 0 aliphatic carbocycles. The molecule has 0 unspecified atom stereocenters. The van der Waals surface area contributed by atoms with Gasteiger partial charge in [0.15, 0.2) is 0 Å². The van der Waals surface area contributed by atoms with E-state index in [2.05, 4.69) is 0 Å². The van der Waals surface area contributed by atoms with Gasteiger partial charge in [-0.25, -0.2) is 0 Å². The van der Waals surface area contributed by atoms with Crippen molar-refractivity contribution in [2.75, 3.05) is 0 Å². The molecule has 24 valence electrons. The molecule has 5 heavy (non-hydrogen) atoms. The summed E-state index contributed by atoms with van der Waals surface area (Å²) in [6.45, 7) is 0. The summed E-state index contributed by atoms with van der Waals surface area (Å²) in [5, 5.41) is 0. The molecule has 0 rings (SSSR count). The Balaban J connectivity index is 0. The molecule has 0 aliphatic rings. The van der Waals surface area contributed by atoms with E-state index in [0.29, 0.717) is 0 Å². The van der Waals surface area contributed by atoms with Gasteiger partial charge in [0.05, 0.1) is 0 Å². The Bertz CT molecular complexity index is 6.85. The van der Waals surface area contributed by atoms with Crippen LogP contribution >= 0.6 is 0 Å². The molecule has 0 atom stereocenters. The molecule has 0 nitrogen and oxygen atoms in total. The van der Waals surface area contributed by atoms with Gasteiger partial charge in [-0.2, -0.15) is 0 Å². The largest absolute Gasteiger partial charge is 2.00 e. The minimum Gasteiger partial charge on any atom is -1.00 e. The number of hydrogen-bond donors (Lipinski definition) is 0. The minimum absolute atomic E-state index is 0. The van der Waals surface area contributed by atoms with Crippen molar-refractivity contribution in [2.45, 2.75) is 0 Å². The topological polar surface area (TPSA) is 0 Å². The molecule has 0 fully saturated rings. The third kappa shape index (κ3) is 26.9. The van der Waals surface area contributed by atoms with Gasteiger partial charge in [-0.1, -0.05) is 0 Å². The van der Waals surface area contributed by atoms with E-state index >= 15 is 0 Å². The zero-order valence-electron chi connectivity index (χ0n) is 2.84. The van der Waals surface area contributed by atoms with Gasteiger partial charge in [0.1, 0.15) is 0 Å². The number of halogens is 3. The van der Waals surface area contributed by atoms with Gasteiger partial charge in [0.2, 0.25) is 0 Å². The molecule has 0 saturated carbocycles. The van der Waals surface area contributed by atoms with Gasteiger partial charge in [0.25, 0.3) is 0 Å². The maximum absolute atomic E-state index is 0. The summed E-state index contributed by atoms with van der Waals surface area (Å²) >= 11 is 0. The van der Waals surface area contributed by atoms with Gasteiger partial charge >= 0.3 is 56.9 Å². The molecule has 0 aliphatic heterocycles. The predicted octanol–water partition coefficient (Wildman–Crippen LogP) is -12.0. The first-order valence-electron chi connectivity index (χ1n) is 0. The van der Waals surface area contributed by atoms with E-state index in [1.165, 1.54) is 0 Å². The van der Waals surface area contributed by atoms with Crippen LogP contribution in [-0.4, -0.2) is 0 Å². The standard InChI is InChI=1S/Cd.3FH.Na/h;3*1H;/q+2;;;;+1/p-3. The van der Waals surface area contributed by atoms with Crippen LogP contribution in [0.4, 0.5) is 0 Å². The molecule has 5 heteroatoms. The third-order valence-corrected chi connectivity index (χ3v) is 0. The van der Waals surface area contributed by atoms with Gasteiger partial charge in [0, 0.05) is 0 Å². The van der Waals surface area contributed by atoms with Crippen LogP contribution in [0.15, 0.2) is 0 Å². The molecule has 0 heterocycles. The Labute approximate surface area is 70.3 Å². The van der Waals surface area contributed by atoms with Crippen LogP contribution in [0.5, 0.6) is 0 Å². The summed E-state index contributed by atoms with van der Waals surface area (Å²) in [4.78, 5) is 0. The van der Waals surface area contributed by atoms with Gasteiger partial charge in [-0.15, -0.1) is 0 Å². The SMILES string of the molecule is [Cd+2].[F-].[F-].[F-].[Na+]. The van der Waals surface area contributed by atoms with E-state index < -0.39 is 0 Å². The molecule has 0 bridgehead atoms. The van der Waals surface area contributed by atoms with Crippen molar-refractivity contribution >= 4 is 0 Å². The van der Waals surface area contributed by atoms with E-state index in [4.69, 9.17) is 0 Å². The summed E-state index contributed by atoms with van der Waals surface area (Å²) in [6.07, 6.45) is 0. The van der Waals surface area contributed by atoms with Crippen molar-refractivity contribution in [1.29, 1.82) is 0 Å². The molecule has 0 saturated heterocycles.